The van der Waals surface area contributed by atoms with Crippen LogP contribution in [-0.2, 0) is 26.3 Å². The molecule has 22 heavy (non-hydrogen) atoms. The Balaban J connectivity index is 2.33. The van der Waals surface area contributed by atoms with Gasteiger partial charge in [-0.25, -0.2) is 16.8 Å². The summed E-state index contributed by atoms with van der Waals surface area (Å²) < 4.78 is 50.4. The third-order valence-electron chi connectivity index (χ3n) is 4.00. The number of aryl methyl sites for hydroxylation is 1. The van der Waals surface area contributed by atoms with Crippen LogP contribution in [0.25, 0.3) is 0 Å². The molecule has 7 heteroatoms. The molecular weight excluding hydrogens is 322 g/mol. The molecule has 1 fully saturated rings. The fraction of sp³-hybridized carbons (Fsp3) is 0.600. The lowest BCUT2D eigenvalue weighted by atomic mass is 10.2. The molecule has 0 amide bonds. The van der Waals surface area contributed by atoms with Gasteiger partial charge >= 0.3 is 0 Å². The summed E-state index contributed by atoms with van der Waals surface area (Å²) in [4.78, 5) is 0.238. The van der Waals surface area contributed by atoms with Crippen molar-refractivity contribution in [3.63, 3.8) is 0 Å². The summed E-state index contributed by atoms with van der Waals surface area (Å²) in [6.45, 7) is 4.25. The molecule has 1 atom stereocenters. The third kappa shape index (κ3) is 3.70. The molecule has 0 N–H and O–H groups in total. The first-order valence-corrected chi connectivity index (χ1v) is 10.9. The standard InChI is InChI=1S/C15H23NO4S2/c1-3-10-16(14-9-11-21(17,18)12-14)22(19,20)15-7-5-13(4-2)6-8-15/h5-8,14H,3-4,9-12H2,1-2H3. The highest BCUT2D eigenvalue weighted by Crippen LogP contribution is 2.25. The zero-order valence-electron chi connectivity index (χ0n) is 13.0. The van der Waals surface area contributed by atoms with E-state index < -0.39 is 25.9 Å². The number of rotatable bonds is 6. The van der Waals surface area contributed by atoms with E-state index in [9.17, 15) is 16.8 Å². The first-order chi connectivity index (χ1) is 10.3. The molecule has 2 rings (SSSR count). The monoisotopic (exact) mass is 345 g/mol. The first-order valence-electron chi connectivity index (χ1n) is 7.61. The molecule has 0 saturated carbocycles. The Morgan fingerprint density at radius 2 is 1.82 bits per heavy atom. The molecule has 1 aliphatic heterocycles. The Kier molecular flexibility index (Phi) is 5.29. The number of hydrogen-bond acceptors (Lipinski definition) is 4. The predicted molar refractivity (Wildman–Crippen MR) is 87.1 cm³/mol. The molecule has 124 valence electrons. The van der Waals surface area contributed by atoms with Crippen LogP contribution >= 0.6 is 0 Å². The van der Waals surface area contributed by atoms with Gasteiger partial charge in [-0.3, -0.25) is 0 Å². The molecule has 1 aromatic rings. The van der Waals surface area contributed by atoms with E-state index in [2.05, 4.69) is 0 Å². The Labute approximate surface area is 133 Å². The van der Waals surface area contributed by atoms with E-state index in [-0.39, 0.29) is 16.4 Å². The van der Waals surface area contributed by atoms with Crippen molar-refractivity contribution in [3.05, 3.63) is 29.8 Å². The lowest BCUT2D eigenvalue weighted by Gasteiger charge is -2.27. The first kappa shape index (κ1) is 17.4. The summed E-state index contributed by atoms with van der Waals surface area (Å²) in [5, 5.41) is 0. The van der Waals surface area contributed by atoms with Crippen molar-refractivity contribution in [2.45, 2.75) is 44.0 Å². The van der Waals surface area contributed by atoms with Crippen LogP contribution in [0.1, 0.15) is 32.3 Å². The molecule has 1 heterocycles. The van der Waals surface area contributed by atoms with Crippen molar-refractivity contribution < 1.29 is 16.8 Å². The number of benzene rings is 1. The minimum atomic E-state index is -3.65. The normalized spacial score (nSPS) is 21.3. The van der Waals surface area contributed by atoms with Crippen LogP contribution < -0.4 is 0 Å². The van der Waals surface area contributed by atoms with Crippen molar-refractivity contribution in [2.24, 2.45) is 0 Å². The van der Waals surface area contributed by atoms with Gasteiger partial charge in [-0.05, 0) is 37.0 Å². The van der Waals surface area contributed by atoms with Gasteiger partial charge in [-0.15, -0.1) is 0 Å². The number of sulfonamides is 1. The van der Waals surface area contributed by atoms with Crippen LogP contribution in [0.4, 0.5) is 0 Å². The van der Waals surface area contributed by atoms with E-state index >= 15 is 0 Å². The summed E-state index contributed by atoms with van der Waals surface area (Å²) in [6, 6.07) is 6.39. The Morgan fingerprint density at radius 3 is 2.27 bits per heavy atom. The van der Waals surface area contributed by atoms with Crippen molar-refractivity contribution >= 4 is 19.9 Å². The van der Waals surface area contributed by atoms with Crippen LogP contribution in [0.2, 0.25) is 0 Å². The second-order valence-electron chi connectivity index (χ2n) is 5.67. The van der Waals surface area contributed by atoms with Crippen LogP contribution in [0, 0.1) is 0 Å². The Hall–Kier alpha value is -0.920. The molecule has 1 aliphatic rings. The van der Waals surface area contributed by atoms with E-state index in [1.165, 1.54) is 4.31 Å². The van der Waals surface area contributed by atoms with E-state index in [1.54, 1.807) is 12.1 Å². The van der Waals surface area contributed by atoms with Gasteiger partial charge in [-0.1, -0.05) is 26.0 Å². The van der Waals surface area contributed by atoms with Crippen LogP contribution in [0.5, 0.6) is 0 Å². The van der Waals surface area contributed by atoms with Crippen LogP contribution in [0.3, 0.4) is 0 Å². The number of sulfone groups is 1. The topological polar surface area (TPSA) is 71.5 Å². The number of hydrogen-bond donors (Lipinski definition) is 0. The molecule has 1 aromatic carbocycles. The molecule has 5 nitrogen and oxygen atoms in total. The molecule has 0 aliphatic carbocycles. The summed E-state index contributed by atoms with van der Waals surface area (Å²) in [7, 11) is -6.77. The SMILES string of the molecule is CCCN(C1CCS(=O)(=O)C1)S(=O)(=O)c1ccc(CC)cc1. The third-order valence-corrected chi connectivity index (χ3v) is 7.71. The van der Waals surface area contributed by atoms with Crippen molar-refractivity contribution in [3.8, 4) is 0 Å². The van der Waals surface area contributed by atoms with E-state index in [0.29, 0.717) is 19.4 Å². The van der Waals surface area contributed by atoms with Crippen LogP contribution in [-0.4, -0.2) is 45.2 Å². The van der Waals surface area contributed by atoms with Crippen molar-refractivity contribution in [1.82, 2.24) is 4.31 Å². The highest BCUT2D eigenvalue weighted by molar-refractivity contribution is 7.92. The highest BCUT2D eigenvalue weighted by atomic mass is 32.2. The van der Waals surface area contributed by atoms with Gasteiger partial charge in [0.25, 0.3) is 0 Å². The van der Waals surface area contributed by atoms with Crippen LogP contribution in [0.15, 0.2) is 29.2 Å². The average molecular weight is 345 g/mol. The average Bonchev–Trinajstić information content (AvgIpc) is 2.84. The summed E-state index contributed by atoms with van der Waals surface area (Å²) in [5.41, 5.74) is 1.07. The zero-order chi connectivity index (χ0) is 16.4. The fourth-order valence-electron chi connectivity index (χ4n) is 2.75. The number of nitrogens with zero attached hydrogens (tertiary/aromatic N) is 1. The van der Waals surface area contributed by atoms with Gasteiger partial charge in [0.05, 0.1) is 16.4 Å². The minimum absolute atomic E-state index is 0.0702. The van der Waals surface area contributed by atoms with E-state index in [0.717, 1.165) is 12.0 Å². The predicted octanol–water partition coefficient (Wildman–Crippen LogP) is 1.84. The second kappa shape index (κ2) is 6.68. The molecule has 1 unspecified atom stereocenters. The maximum atomic E-state index is 12.9. The van der Waals surface area contributed by atoms with Crippen molar-refractivity contribution in [2.75, 3.05) is 18.1 Å². The van der Waals surface area contributed by atoms with E-state index in [1.807, 2.05) is 26.0 Å². The molecule has 0 aromatic heterocycles. The molecule has 1 saturated heterocycles. The lowest BCUT2D eigenvalue weighted by Crippen LogP contribution is -2.41. The maximum Gasteiger partial charge on any atom is 0.243 e. The molecular formula is C15H23NO4S2. The molecule has 0 radical (unpaired) electrons. The van der Waals surface area contributed by atoms with Crippen molar-refractivity contribution in [1.29, 1.82) is 0 Å². The highest BCUT2D eigenvalue weighted by Gasteiger charge is 2.38. The summed E-state index contributed by atoms with van der Waals surface area (Å²) in [6.07, 6.45) is 1.89. The van der Waals surface area contributed by atoms with Gasteiger partial charge < -0.3 is 0 Å². The quantitative estimate of drug-likeness (QED) is 0.789. The minimum Gasteiger partial charge on any atom is -0.229 e. The van der Waals surface area contributed by atoms with Gasteiger partial charge in [0.2, 0.25) is 10.0 Å². The lowest BCUT2D eigenvalue weighted by molar-refractivity contribution is 0.340. The Morgan fingerprint density at radius 1 is 1.18 bits per heavy atom. The fourth-order valence-corrected chi connectivity index (χ4v) is 6.33. The second-order valence-corrected chi connectivity index (χ2v) is 9.79. The maximum absolute atomic E-state index is 12.9. The summed E-state index contributed by atoms with van der Waals surface area (Å²) in [5.74, 6) is 0.00144. The molecule has 0 bridgehead atoms. The van der Waals surface area contributed by atoms with Gasteiger partial charge in [0.15, 0.2) is 9.84 Å². The smallest absolute Gasteiger partial charge is 0.229 e. The van der Waals surface area contributed by atoms with Gasteiger partial charge in [0, 0.05) is 12.6 Å². The largest absolute Gasteiger partial charge is 0.243 e. The van der Waals surface area contributed by atoms with Gasteiger partial charge in [-0.2, -0.15) is 4.31 Å². The van der Waals surface area contributed by atoms with E-state index in [4.69, 9.17) is 0 Å². The van der Waals surface area contributed by atoms with Gasteiger partial charge in [0.1, 0.15) is 0 Å². The molecule has 0 spiro atoms. The zero-order valence-corrected chi connectivity index (χ0v) is 14.7. The summed E-state index contributed by atoms with van der Waals surface area (Å²) >= 11 is 0. The Bertz CT molecular complexity index is 708.